The van der Waals surface area contributed by atoms with E-state index in [0.29, 0.717) is 42.0 Å². The molecule has 0 atom stereocenters. The second-order valence-corrected chi connectivity index (χ2v) is 8.41. The first-order valence-corrected chi connectivity index (χ1v) is 10.5. The molecule has 0 radical (unpaired) electrons. The van der Waals surface area contributed by atoms with E-state index in [1.165, 1.54) is 0 Å². The Labute approximate surface area is 183 Å². The highest BCUT2D eigenvalue weighted by atomic mass is 16.5. The number of para-hydroxylation sites is 1. The quantitative estimate of drug-likeness (QED) is 0.485. The second-order valence-electron chi connectivity index (χ2n) is 8.41. The normalized spacial score (nSPS) is 11.2. The van der Waals surface area contributed by atoms with Crippen LogP contribution >= 0.6 is 0 Å². The van der Waals surface area contributed by atoms with Gasteiger partial charge in [-0.15, -0.1) is 0 Å². The van der Waals surface area contributed by atoms with Crippen LogP contribution in [0.15, 0.2) is 48.5 Å². The van der Waals surface area contributed by atoms with Gasteiger partial charge in [0.05, 0.1) is 30.7 Å². The lowest BCUT2D eigenvalue weighted by atomic mass is 10.0. The van der Waals surface area contributed by atoms with Gasteiger partial charge in [-0.1, -0.05) is 39.8 Å². The number of carbonyl (C=O) groups is 1. The van der Waals surface area contributed by atoms with Crippen molar-refractivity contribution < 1.29 is 19.4 Å². The molecule has 0 amide bonds. The third-order valence-corrected chi connectivity index (χ3v) is 4.78. The lowest BCUT2D eigenvalue weighted by molar-refractivity contribution is 0.0697. The minimum atomic E-state index is -0.983. The number of ether oxygens (including phenoxy) is 2. The Kier molecular flexibility index (Phi) is 7.00. The van der Waals surface area contributed by atoms with Gasteiger partial charge >= 0.3 is 5.97 Å². The molecule has 1 N–H and O–H groups in total. The van der Waals surface area contributed by atoms with Crippen LogP contribution in [0.25, 0.3) is 22.5 Å². The Morgan fingerprint density at radius 2 is 1.74 bits per heavy atom. The van der Waals surface area contributed by atoms with Gasteiger partial charge in [0.25, 0.3) is 0 Å². The fraction of sp³-hybridized carbons (Fsp3) is 0.360. The van der Waals surface area contributed by atoms with Gasteiger partial charge in [0.15, 0.2) is 0 Å². The molecule has 0 aliphatic heterocycles. The van der Waals surface area contributed by atoms with Gasteiger partial charge in [0, 0.05) is 17.7 Å². The van der Waals surface area contributed by atoms with Crippen LogP contribution in [0, 0.1) is 11.8 Å². The number of hydrogen-bond acceptors (Lipinski definition) is 4. The van der Waals surface area contributed by atoms with Gasteiger partial charge in [-0.3, -0.25) is 4.68 Å². The van der Waals surface area contributed by atoms with E-state index in [1.807, 2.05) is 35.0 Å². The molecule has 1 heterocycles. The van der Waals surface area contributed by atoms with E-state index < -0.39 is 5.97 Å². The standard InChI is InChI=1S/C25H30N2O4/c1-16(2)14-27-22(19-8-6-7-9-23(19)30-5)13-21(26-27)20-12-18(25(28)29)10-11-24(20)31-15-17(3)4/h6-13,16-17H,14-15H2,1-5H3,(H,28,29). The molecule has 0 spiro atoms. The predicted octanol–water partition coefficient (Wildman–Crippen LogP) is 5.61. The van der Waals surface area contributed by atoms with Crippen molar-refractivity contribution in [2.75, 3.05) is 13.7 Å². The zero-order valence-electron chi connectivity index (χ0n) is 18.8. The molecule has 6 nitrogen and oxygen atoms in total. The molecule has 3 rings (SSSR count). The number of carboxylic acids is 1. The van der Waals surface area contributed by atoms with E-state index in [0.717, 1.165) is 17.0 Å². The first-order chi connectivity index (χ1) is 14.8. The average Bonchev–Trinajstić information content (AvgIpc) is 3.14. The highest BCUT2D eigenvalue weighted by molar-refractivity contribution is 5.90. The van der Waals surface area contributed by atoms with Gasteiger partial charge in [-0.2, -0.15) is 5.10 Å². The van der Waals surface area contributed by atoms with E-state index in [-0.39, 0.29) is 5.56 Å². The molecular weight excluding hydrogens is 392 g/mol. The Morgan fingerprint density at radius 3 is 2.39 bits per heavy atom. The Bertz CT molecular complexity index is 1050. The smallest absolute Gasteiger partial charge is 0.335 e. The van der Waals surface area contributed by atoms with Crippen LogP contribution in [0.5, 0.6) is 11.5 Å². The SMILES string of the molecule is COc1ccccc1-c1cc(-c2cc(C(=O)O)ccc2OCC(C)C)nn1CC(C)C. The van der Waals surface area contributed by atoms with Crippen molar-refractivity contribution in [3.8, 4) is 34.0 Å². The van der Waals surface area contributed by atoms with Crippen LogP contribution in [0.3, 0.4) is 0 Å². The molecule has 3 aromatic rings. The minimum Gasteiger partial charge on any atom is -0.496 e. The van der Waals surface area contributed by atoms with E-state index in [4.69, 9.17) is 14.6 Å². The monoisotopic (exact) mass is 422 g/mol. The number of methoxy groups -OCH3 is 1. The van der Waals surface area contributed by atoms with Crippen LogP contribution in [0.4, 0.5) is 0 Å². The third kappa shape index (κ3) is 5.26. The Morgan fingerprint density at radius 1 is 1.00 bits per heavy atom. The lowest BCUT2D eigenvalue weighted by Crippen LogP contribution is -2.08. The van der Waals surface area contributed by atoms with Crippen LogP contribution in [-0.2, 0) is 6.54 Å². The van der Waals surface area contributed by atoms with E-state index in [2.05, 4.69) is 27.7 Å². The Balaban J connectivity index is 2.17. The van der Waals surface area contributed by atoms with Crippen LogP contribution in [-0.4, -0.2) is 34.6 Å². The number of aromatic carboxylic acids is 1. The summed E-state index contributed by atoms with van der Waals surface area (Å²) in [6.45, 7) is 9.66. The number of hydrogen-bond donors (Lipinski definition) is 1. The molecule has 0 saturated heterocycles. The summed E-state index contributed by atoms with van der Waals surface area (Å²) < 4.78 is 13.5. The number of rotatable bonds is 9. The van der Waals surface area contributed by atoms with Crippen LogP contribution in [0.2, 0.25) is 0 Å². The summed E-state index contributed by atoms with van der Waals surface area (Å²) in [6, 6.07) is 14.7. The third-order valence-electron chi connectivity index (χ3n) is 4.78. The van der Waals surface area contributed by atoms with Crippen LogP contribution < -0.4 is 9.47 Å². The second kappa shape index (κ2) is 9.69. The van der Waals surface area contributed by atoms with Crippen LogP contribution in [0.1, 0.15) is 38.1 Å². The van der Waals surface area contributed by atoms with E-state index >= 15 is 0 Å². The van der Waals surface area contributed by atoms with Crippen molar-refractivity contribution in [1.29, 1.82) is 0 Å². The molecule has 0 fully saturated rings. The van der Waals surface area contributed by atoms with Crippen molar-refractivity contribution in [1.82, 2.24) is 9.78 Å². The number of aromatic nitrogens is 2. The van der Waals surface area contributed by atoms with Crippen molar-refractivity contribution in [3.63, 3.8) is 0 Å². The molecule has 1 aromatic heterocycles. The van der Waals surface area contributed by atoms with Crippen molar-refractivity contribution >= 4 is 5.97 Å². The lowest BCUT2D eigenvalue weighted by Gasteiger charge is -2.13. The first-order valence-electron chi connectivity index (χ1n) is 10.5. The summed E-state index contributed by atoms with van der Waals surface area (Å²) in [5.74, 6) is 1.12. The molecule has 164 valence electrons. The molecule has 0 aliphatic rings. The summed E-state index contributed by atoms with van der Waals surface area (Å²) in [7, 11) is 1.65. The molecule has 0 unspecified atom stereocenters. The number of carboxylic acid groups (broad SMARTS) is 1. The average molecular weight is 423 g/mol. The summed E-state index contributed by atoms with van der Waals surface area (Å²) >= 11 is 0. The molecule has 0 bridgehead atoms. The van der Waals surface area contributed by atoms with Crippen molar-refractivity contribution in [3.05, 3.63) is 54.1 Å². The Hall–Kier alpha value is -3.28. The highest BCUT2D eigenvalue weighted by Gasteiger charge is 2.19. The first kappa shape index (κ1) is 22.4. The fourth-order valence-electron chi connectivity index (χ4n) is 3.35. The predicted molar refractivity (Wildman–Crippen MR) is 122 cm³/mol. The van der Waals surface area contributed by atoms with Gasteiger partial charge in [0.2, 0.25) is 0 Å². The van der Waals surface area contributed by atoms with Gasteiger partial charge in [-0.05, 0) is 48.2 Å². The minimum absolute atomic E-state index is 0.198. The maximum Gasteiger partial charge on any atom is 0.335 e. The highest BCUT2D eigenvalue weighted by Crippen LogP contribution is 2.36. The van der Waals surface area contributed by atoms with Gasteiger partial charge < -0.3 is 14.6 Å². The molecule has 2 aromatic carbocycles. The van der Waals surface area contributed by atoms with Crippen molar-refractivity contribution in [2.45, 2.75) is 34.2 Å². The van der Waals surface area contributed by atoms with Crippen molar-refractivity contribution in [2.24, 2.45) is 11.8 Å². The fourth-order valence-corrected chi connectivity index (χ4v) is 3.35. The number of nitrogens with zero attached hydrogens (tertiary/aromatic N) is 2. The zero-order chi connectivity index (χ0) is 22.5. The summed E-state index contributed by atoms with van der Waals surface area (Å²) in [5, 5.41) is 14.4. The number of benzene rings is 2. The molecule has 31 heavy (non-hydrogen) atoms. The van der Waals surface area contributed by atoms with E-state index in [1.54, 1.807) is 25.3 Å². The van der Waals surface area contributed by atoms with Gasteiger partial charge in [0.1, 0.15) is 11.5 Å². The molecule has 0 aliphatic carbocycles. The molecular formula is C25H30N2O4. The summed E-state index contributed by atoms with van der Waals surface area (Å²) in [6.07, 6.45) is 0. The van der Waals surface area contributed by atoms with Gasteiger partial charge in [-0.25, -0.2) is 4.79 Å². The zero-order valence-corrected chi connectivity index (χ0v) is 18.8. The largest absolute Gasteiger partial charge is 0.496 e. The molecule has 0 saturated carbocycles. The van der Waals surface area contributed by atoms with E-state index in [9.17, 15) is 9.90 Å². The maximum absolute atomic E-state index is 11.6. The molecule has 6 heteroatoms. The topological polar surface area (TPSA) is 73.6 Å². The summed E-state index contributed by atoms with van der Waals surface area (Å²) in [5.41, 5.74) is 3.38. The summed E-state index contributed by atoms with van der Waals surface area (Å²) in [4.78, 5) is 11.6. The maximum atomic E-state index is 11.6.